The smallest absolute Gasteiger partial charge is 0.147 e. The topological polar surface area (TPSA) is 68.8 Å². The minimum Gasteiger partial charge on any atom is -0.505 e. The second-order valence-electron chi connectivity index (χ2n) is 19.4. The van der Waals surface area contributed by atoms with Gasteiger partial charge in [0.05, 0.1) is 23.6 Å². The van der Waals surface area contributed by atoms with Crippen molar-refractivity contribution >= 4 is 0 Å². The van der Waals surface area contributed by atoms with Crippen molar-refractivity contribution in [1.29, 1.82) is 0 Å². The first-order valence-electron chi connectivity index (χ1n) is 25.1. The summed E-state index contributed by atoms with van der Waals surface area (Å²) in [7, 11) is 0. The van der Waals surface area contributed by atoms with Crippen LogP contribution in [0.1, 0.15) is 48.6 Å². The molecule has 2 heterocycles. The van der Waals surface area contributed by atoms with Crippen LogP contribution in [0.3, 0.4) is 0 Å². The van der Waals surface area contributed by atoms with Crippen molar-refractivity contribution in [2.75, 3.05) is 0 Å². The predicted molar refractivity (Wildman–Crippen MR) is 296 cm³/mol. The summed E-state index contributed by atoms with van der Waals surface area (Å²) >= 11 is 0. The quantitative estimate of drug-likeness (QED) is 0.114. The van der Waals surface area contributed by atoms with Gasteiger partial charge in [0.25, 0.3) is 0 Å². The van der Waals surface area contributed by atoms with E-state index < -0.39 is 29.7 Å². The molecule has 0 spiro atoms. The lowest BCUT2D eigenvalue weighted by Crippen LogP contribution is -2.23. The molecule has 0 unspecified atom stereocenters. The molecule has 0 saturated carbocycles. The molecule has 0 aliphatic heterocycles. The van der Waals surface area contributed by atoms with Crippen molar-refractivity contribution in [2.24, 2.45) is 0 Å². The van der Waals surface area contributed by atoms with Crippen molar-refractivity contribution in [3.8, 4) is 101 Å². The number of hydrogen-bond donors (Lipinski definition) is 2. The van der Waals surface area contributed by atoms with Gasteiger partial charge in [0.1, 0.15) is 40.4 Å². The minimum atomic E-state index is -0.632. The zero-order valence-electron chi connectivity index (χ0n) is 42.9. The average Bonchev–Trinajstić information content (AvgIpc) is 3.85. The molecule has 2 atom stereocenters. The summed E-state index contributed by atoms with van der Waals surface area (Å²) in [5.41, 5.74) is 14.0. The third-order valence-electron chi connectivity index (χ3n) is 14.1. The van der Waals surface area contributed by atoms with Gasteiger partial charge in [0, 0.05) is 79.8 Å². The first-order valence-corrected chi connectivity index (χ1v) is 25.1. The SMILES string of the molecule is Cc1cc(-c2cc(F)ccc2O[C@@H](C)C[C@@H](C)Oc2ccc(F)cc2-c2cc(F)cc(-n3c(C)c(-c4ccccc4)c(-c4ccccc4)c3C)c2O)c(O)c(-n2c(C)c(-c3ccccc3)c(-c3ccccc3)c2C)c1. The highest BCUT2D eigenvalue weighted by atomic mass is 19.1. The Bertz CT molecular complexity index is 3350. The van der Waals surface area contributed by atoms with Crippen LogP contribution in [0, 0.1) is 52.1 Å². The van der Waals surface area contributed by atoms with Gasteiger partial charge in [0.15, 0.2) is 0 Å². The highest BCUT2D eigenvalue weighted by Crippen LogP contribution is 2.48. The Labute approximate surface area is 436 Å². The van der Waals surface area contributed by atoms with Gasteiger partial charge in [-0.1, -0.05) is 121 Å². The standard InChI is InChI=1S/C66H57F3N2O4/c1-39-32-55(65(72)57(33-39)70-42(4)61(46-20-12-8-13-21-46)62(43(70)5)47-22-14-9-15-23-47)53-35-50(67)28-30-59(53)74-40(2)34-41(3)75-60-31-29-51(68)36-54(60)56-37-52(69)38-58(66(56)73)71-44(6)63(48-24-16-10-17-25-48)64(45(71)7)49-26-18-11-19-27-49/h8-33,35-38,40-41,72-73H,34H2,1-7H3/t40-,41+/m0/s1. The summed E-state index contributed by atoms with van der Waals surface area (Å²) in [5, 5.41) is 24.6. The Morgan fingerprint density at radius 3 is 1.07 bits per heavy atom. The highest BCUT2D eigenvalue weighted by molar-refractivity contribution is 5.91. The first kappa shape index (κ1) is 49.9. The minimum absolute atomic E-state index is 0.0382. The summed E-state index contributed by atoms with van der Waals surface area (Å²) in [6.45, 7) is 13.6. The van der Waals surface area contributed by atoms with E-state index in [1.54, 1.807) is 6.07 Å². The van der Waals surface area contributed by atoms with E-state index in [4.69, 9.17) is 9.47 Å². The molecular weight excluding hydrogens is 942 g/mol. The lowest BCUT2D eigenvalue weighted by atomic mass is 9.95. The lowest BCUT2D eigenvalue weighted by molar-refractivity contribution is 0.131. The number of aromatic nitrogens is 2. The zero-order chi connectivity index (χ0) is 52.7. The van der Waals surface area contributed by atoms with Crippen LogP contribution in [0.2, 0.25) is 0 Å². The largest absolute Gasteiger partial charge is 0.505 e. The van der Waals surface area contributed by atoms with Gasteiger partial charge in [-0.05, 0) is 131 Å². The van der Waals surface area contributed by atoms with Gasteiger partial charge in [0.2, 0.25) is 0 Å². The van der Waals surface area contributed by atoms with E-state index in [0.29, 0.717) is 29.0 Å². The number of benzene rings is 8. The Kier molecular flexibility index (Phi) is 13.7. The monoisotopic (exact) mass is 998 g/mol. The van der Waals surface area contributed by atoms with Crippen LogP contribution in [0.15, 0.2) is 182 Å². The van der Waals surface area contributed by atoms with Crippen LogP contribution in [0.5, 0.6) is 23.0 Å². The van der Waals surface area contributed by atoms with Crippen molar-refractivity contribution < 1.29 is 32.9 Å². The fourth-order valence-corrected chi connectivity index (χ4v) is 11.0. The van der Waals surface area contributed by atoms with E-state index in [1.807, 2.05) is 162 Å². The maximum Gasteiger partial charge on any atom is 0.147 e. The summed E-state index contributed by atoms with van der Waals surface area (Å²) in [6, 6.07) is 54.7. The molecule has 0 saturated heterocycles. The van der Waals surface area contributed by atoms with Gasteiger partial charge >= 0.3 is 0 Å². The van der Waals surface area contributed by atoms with Crippen molar-refractivity contribution in [1.82, 2.24) is 9.13 Å². The molecule has 10 aromatic rings. The van der Waals surface area contributed by atoms with Crippen molar-refractivity contribution in [3.63, 3.8) is 0 Å². The Morgan fingerprint density at radius 2 is 0.707 bits per heavy atom. The third-order valence-corrected chi connectivity index (χ3v) is 14.1. The molecule has 376 valence electrons. The fourth-order valence-electron chi connectivity index (χ4n) is 11.0. The second-order valence-corrected chi connectivity index (χ2v) is 19.4. The van der Waals surface area contributed by atoms with E-state index in [0.717, 1.165) is 72.8 Å². The number of aromatic hydroxyl groups is 2. The van der Waals surface area contributed by atoms with Crippen molar-refractivity contribution in [2.45, 2.75) is 67.1 Å². The Morgan fingerprint density at radius 1 is 0.387 bits per heavy atom. The van der Waals surface area contributed by atoms with E-state index in [2.05, 4.69) is 28.8 Å². The van der Waals surface area contributed by atoms with Crippen LogP contribution < -0.4 is 9.47 Å². The molecule has 9 heteroatoms. The Hall–Kier alpha value is -8.69. The number of aryl methyl sites for hydroxylation is 1. The molecule has 0 bridgehead atoms. The molecule has 0 fully saturated rings. The molecule has 0 aliphatic carbocycles. The normalized spacial score (nSPS) is 12.2. The number of phenolic OH excluding ortho intramolecular Hbond substituents is 2. The lowest BCUT2D eigenvalue weighted by Gasteiger charge is -2.24. The van der Waals surface area contributed by atoms with Crippen LogP contribution in [0.25, 0.3) is 78.1 Å². The number of halogens is 3. The summed E-state index contributed by atoms with van der Waals surface area (Å²) < 4.78 is 63.8. The second kappa shape index (κ2) is 20.7. The third kappa shape index (κ3) is 9.58. The maximum atomic E-state index is 16.1. The number of nitrogens with zero attached hydrogens (tertiary/aromatic N) is 2. The van der Waals surface area contributed by atoms with E-state index in [1.165, 1.54) is 42.5 Å². The molecular formula is C66H57F3N2O4. The molecule has 0 amide bonds. The molecule has 0 radical (unpaired) electrons. The number of phenols is 2. The van der Waals surface area contributed by atoms with Gasteiger partial charge in [-0.3, -0.25) is 0 Å². The van der Waals surface area contributed by atoms with E-state index >= 15 is 13.2 Å². The predicted octanol–water partition coefficient (Wildman–Crippen LogP) is 17.3. The molecule has 6 nitrogen and oxygen atoms in total. The van der Waals surface area contributed by atoms with E-state index in [-0.39, 0.29) is 34.1 Å². The van der Waals surface area contributed by atoms with Gasteiger partial charge < -0.3 is 28.8 Å². The molecule has 8 aromatic carbocycles. The summed E-state index contributed by atoms with van der Waals surface area (Å²) in [6.07, 6.45) is -0.783. The molecule has 0 aliphatic rings. The number of rotatable bonds is 14. The molecule has 2 N–H and O–H groups in total. The van der Waals surface area contributed by atoms with Gasteiger partial charge in [-0.25, -0.2) is 13.2 Å². The van der Waals surface area contributed by atoms with Crippen LogP contribution >= 0.6 is 0 Å². The molecule has 75 heavy (non-hydrogen) atoms. The van der Waals surface area contributed by atoms with Crippen LogP contribution in [-0.4, -0.2) is 31.6 Å². The first-order chi connectivity index (χ1) is 36.2. The van der Waals surface area contributed by atoms with Gasteiger partial charge in [-0.2, -0.15) is 0 Å². The fraction of sp³-hybridized carbons (Fsp3) is 0.152. The Balaban J connectivity index is 0.958. The summed E-state index contributed by atoms with van der Waals surface area (Å²) in [4.78, 5) is 0. The van der Waals surface area contributed by atoms with Gasteiger partial charge in [-0.15, -0.1) is 0 Å². The number of hydrogen-bond acceptors (Lipinski definition) is 4. The van der Waals surface area contributed by atoms with E-state index in [9.17, 15) is 10.2 Å². The number of ether oxygens (including phenoxy) is 2. The highest BCUT2D eigenvalue weighted by Gasteiger charge is 2.28. The molecule has 10 rings (SSSR count). The van der Waals surface area contributed by atoms with Crippen molar-refractivity contribution in [3.05, 3.63) is 228 Å². The molecule has 2 aromatic heterocycles. The summed E-state index contributed by atoms with van der Waals surface area (Å²) in [5.74, 6) is -1.45. The zero-order valence-corrected chi connectivity index (χ0v) is 42.9. The average molecular weight is 999 g/mol. The van der Waals surface area contributed by atoms with Crippen LogP contribution in [-0.2, 0) is 0 Å². The maximum absolute atomic E-state index is 16.1. The van der Waals surface area contributed by atoms with Crippen LogP contribution in [0.4, 0.5) is 13.2 Å².